The molecule has 0 radical (unpaired) electrons. The number of methoxy groups -OCH3 is 1. The molecule has 1 fully saturated rings. The number of aromatic amines is 1. The monoisotopic (exact) mass is 363 g/mol. The summed E-state index contributed by atoms with van der Waals surface area (Å²) in [7, 11) is 1.56. The predicted molar refractivity (Wildman–Crippen MR) is 104 cm³/mol. The lowest BCUT2D eigenvalue weighted by Crippen LogP contribution is -2.25. The van der Waals surface area contributed by atoms with Crippen LogP contribution >= 0.6 is 0 Å². The van der Waals surface area contributed by atoms with Gasteiger partial charge in [0.1, 0.15) is 5.75 Å². The molecule has 3 N–H and O–H groups in total. The zero-order valence-corrected chi connectivity index (χ0v) is 15.0. The molecule has 0 bridgehead atoms. The summed E-state index contributed by atoms with van der Waals surface area (Å²) < 4.78 is 5.58. The average Bonchev–Trinajstić information content (AvgIpc) is 3.42. The van der Waals surface area contributed by atoms with E-state index in [2.05, 4.69) is 15.5 Å². The van der Waals surface area contributed by atoms with E-state index in [1.807, 2.05) is 42.5 Å². The number of nitrogens with zero attached hydrogens (tertiary/aromatic N) is 1. The van der Waals surface area contributed by atoms with Gasteiger partial charge in [-0.3, -0.25) is 9.89 Å². The highest BCUT2D eigenvalue weighted by molar-refractivity contribution is 6.05. The number of benzene rings is 2. The number of amides is 1. The molecule has 1 aromatic heterocycles. The van der Waals surface area contributed by atoms with Crippen molar-refractivity contribution in [3.8, 4) is 5.75 Å². The molecule has 0 unspecified atom stereocenters. The first-order chi connectivity index (χ1) is 13.2. The summed E-state index contributed by atoms with van der Waals surface area (Å²) in [6.45, 7) is -0.0311. The van der Waals surface area contributed by atoms with Gasteiger partial charge in [0.05, 0.1) is 35.9 Å². The zero-order chi connectivity index (χ0) is 18.8. The minimum Gasteiger partial charge on any atom is -0.495 e. The Morgan fingerprint density at radius 3 is 2.85 bits per heavy atom. The van der Waals surface area contributed by atoms with Gasteiger partial charge in [-0.2, -0.15) is 5.10 Å². The van der Waals surface area contributed by atoms with Crippen molar-refractivity contribution >= 4 is 29.0 Å². The zero-order valence-electron chi connectivity index (χ0n) is 15.0. The van der Waals surface area contributed by atoms with Gasteiger partial charge < -0.3 is 15.2 Å². The molecule has 2 aromatic carbocycles. The molecule has 1 aliphatic carbocycles. The maximum absolute atomic E-state index is 12.5. The molecule has 1 aliphatic rings. The van der Waals surface area contributed by atoms with E-state index in [-0.39, 0.29) is 18.6 Å². The van der Waals surface area contributed by atoms with E-state index in [4.69, 9.17) is 4.74 Å². The van der Waals surface area contributed by atoms with Crippen LogP contribution < -0.4 is 10.1 Å². The van der Waals surface area contributed by atoms with Crippen LogP contribution in [0.5, 0.6) is 5.75 Å². The number of ether oxygens (including phenoxy) is 1. The largest absolute Gasteiger partial charge is 0.495 e. The van der Waals surface area contributed by atoms with E-state index in [1.54, 1.807) is 13.2 Å². The van der Waals surface area contributed by atoms with Crippen molar-refractivity contribution in [3.05, 3.63) is 58.8 Å². The Balaban J connectivity index is 1.74. The number of aliphatic hydroxyl groups excluding tert-OH is 1. The molecule has 1 saturated carbocycles. The number of carbonyl (C=O) groups is 1. The van der Waals surface area contributed by atoms with Crippen LogP contribution in [-0.2, 0) is 6.61 Å². The van der Waals surface area contributed by atoms with Crippen molar-refractivity contribution in [2.45, 2.75) is 25.5 Å². The fourth-order valence-corrected chi connectivity index (χ4v) is 3.12. The number of nitrogens with one attached hydrogen (secondary N) is 2. The highest BCUT2D eigenvalue weighted by Gasteiger charge is 2.26. The molecule has 1 amide bonds. The second-order valence-electron chi connectivity index (χ2n) is 6.62. The highest BCUT2D eigenvalue weighted by atomic mass is 16.5. The van der Waals surface area contributed by atoms with Gasteiger partial charge >= 0.3 is 0 Å². The minimum absolute atomic E-state index is 0.0311. The number of aliphatic hydroxyl groups is 1. The topological polar surface area (TPSA) is 87.2 Å². The van der Waals surface area contributed by atoms with Crippen LogP contribution in [0.25, 0.3) is 23.1 Å². The van der Waals surface area contributed by atoms with Crippen LogP contribution in [0, 0.1) is 0 Å². The minimum atomic E-state index is -0.127. The highest BCUT2D eigenvalue weighted by Crippen LogP contribution is 2.33. The lowest BCUT2D eigenvalue weighted by atomic mass is 10.0. The van der Waals surface area contributed by atoms with Gasteiger partial charge in [0, 0.05) is 6.04 Å². The summed E-state index contributed by atoms with van der Waals surface area (Å²) in [5, 5.41) is 20.6. The molecule has 3 aromatic rings. The lowest BCUT2D eigenvalue weighted by Gasteiger charge is -2.10. The maximum Gasteiger partial charge on any atom is 0.255 e. The third-order valence-electron chi connectivity index (χ3n) is 4.72. The van der Waals surface area contributed by atoms with Crippen LogP contribution in [0.15, 0.2) is 36.4 Å². The van der Waals surface area contributed by atoms with Crippen molar-refractivity contribution in [3.63, 3.8) is 0 Å². The quantitative estimate of drug-likeness (QED) is 0.628. The van der Waals surface area contributed by atoms with Gasteiger partial charge in [-0.15, -0.1) is 0 Å². The maximum atomic E-state index is 12.5. The van der Waals surface area contributed by atoms with Crippen molar-refractivity contribution in [1.82, 2.24) is 15.5 Å². The Kier molecular flexibility index (Phi) is 4.64. The normalized spacial score (nSPS) is 14.0. The van der Waals surface area contributed by atoms with Crippen LogP contribution in [0.2, 0.25) is 0 Å². The predicted octanol–water partition coefficient (Wildman–Crippen LogP) is 3.13. The van der Waals surface area contributed by atoms with Gasteiger partial charge in [-0.25, -0.2) is 0 Å². The molecule has 0 aliphatic heterocycles. The molecule has 6 heteroatoms. The van der Waals surface area contributed by atoms with E-state index in [0.29, 0.717) is 17.0 Å². The van der Waals surface area contributed by atoms with Crippen molar-refractivity contribution in [2.75, 3.05) is 7.11 Å². The Hall–Kier alpha value is -3.12. The van der Waals surface area contributed by atoms with Crippen molar-refractivity contribution < 1.29 is 14.6 Å². The number of rotatable bonds is 6. The van der Waals surface area contributed by atoms with Crippen LogP contribution in [0.1, 0.15) is 40.0 Å². The van der Waals surface area contributed by atoms with Crippen molar-refractivity contribution in [2.24, 2.45) is 0 Å². The van der Waals surface area contributed by atoms with E-state index in [9.17, 15) is 9.90 Å². The second-order valence-corrected chi connectivity index (χ2v) is 6.62. The molecule has 27 heavy (non-hydrogen) atoms. The summed E-state index contributed by atoms with van der Waals surface area (Å²) in [5.41, 5.74) is 3.73. The van der Waals surface area contributed by atoms with Gasteiger partial charge in [0.2, 0.25) is 0 Å². The summed E-state index contributed by atoms with van der Waals surface area (Å²) >= 11 is 0. The van der Waals surface area contributed by atoms with E-state index < -0.39 is 0 Å². The first kappa shape index (κ1) is 17.3. The van der Waals surface area contributed by atoms with Crippen LogP contribution in [0.3, 0.4) is 0 Å². The second kappa shape index (κ2) is 7.25. The average molecular weight is 363 g/mol. The smallest absolute Gasteiger partial charge is 0.255 e. The SMILES string of the molecule is COc1c(C(=O)NC2CC2)ccc2[nH]nc(C=Cc3ccccc3CO)c12. The number of hydrogen-bond donors (Lipinski definition) is 3. The van der Waals surface area contributed by atoms with Gasteiger partial charge in [-0.05, 0) is 42.2 Å². The third kappa shape index (κ3) is 3.44. The van der Waals surface area contributed by atoms with E-state index >= 15 is 0 Å². The van der Waals surface area contributed by atoms with Crippen LogP contribution in [-0.4, -0.2) is 34.4 Å². The Morgan fingerprint density at radius 1 is 1.30 bits per heavy atom. The Morgan fingerprint density at radius 2 is 2.11 bits per heavy atom. The fraction of sp³-hybridized carbons (Fsp3) is 0.238. The van der Waals surface area contributed by atoms with Crippen molar-refractivity contribution in [1.29, 1.82) is 0 Å². The molecule has 0 saturated heterocycles. The van der Waals surface area contributed by atoms with Crippen LogP contribution in [0.4, 0.5) is 0 Å². The number of carbonyl (C=O) groups excluding carboxylic acids is 1. The van der Waals surface area contributed by atoms with E-state index in [1.165, 1.54) is 0 Å². The number of fused-ring (bicyclic) bond motifs is 1. The molecule has 1 heterocycles. The molecule has 0 spiro atoms. The number of H-pyrrole nitrogens is 1. The summed E-state index contributed by atoms with van der Waals surface area (Å²) in [6.07, 6.45) is 5.82. The molecule has 6 nitrogen and oxygen atoms in total. The Bertz CT molecular complexity index is 1020. The lowest BCUT2D eigenvalue weighted by molar-refractivity contribution is 0.0948. The summed E-state index contributed by atoms with van der Waals surface area (Å²) in [4.78, 5) is 12.5. The van der Waals surface area contributed by atoms with E-state index in [0.717, 1.165) is 34.9 Å². The van der Waals surface area contributed by atoms with Gasteiger partial charge in [0.15, 0.2) is 0 Å². The van der Waals surface area contributed by atoms with Gasteiger partial charge in [-0.1, -0.05) is 30.3 Å². The van der Waals surface area contributed by atoms with Gasteiger partial charge in [0.25, 0.3) is 5.91 Å². The summed E-state index contributed by atoms with van der Waals surface area (Å²) in [6, 6.07) is 11.5. The number of aromatic nitrogens is 2. The fourth-order valence-electron chi connectivity index (χ4n) is 3.12. The number of hydrogen-bond acceptors (Lipinski definition) is 4. The molecular weight excluding hydrogens is 342 g/mol. The summed E-state index contributed by atoms with van der Waals surface area (Å²) in [5.74, 6) is 0.382. The molecular formula is C21H21N3O3. The standard InChI is InChI=1S/C21H21N3O3/c1-27-20-16(21(26)22-15-7-8-15)9-11-18-19(20)17(23-24-18)10-6-13-4-2-3-5-14(13)12-25/h2-6,9-11,15,25H,7-8,12H2,1H3,(H,22,26)(H,23,24). The molecule has 138 valence electrons. The molecule has 0 atom stereocenters. The molecule has 4 rings (SSSR count). The Labute approximate surface area is 156 Å². The third-order valence-corrected chi connectivity index (χ3v) is 4.72. The first-order valence-corrected chi connectivity index (χ1v) is 8.94. The first-order valence-electron chi connectivity index (χ1n) is 8.94.